The van der Waals surface area contributed by atoms with Crippen LogP contribution in [0.25, 0.3) is 10.9 Å². The van der Waals surface area contributed by atoms with Gasteiger partial charge in [-0.15, -0.1) is 0 Å². The lowest BCUT2D eigenvalue weighted by atomic mass is 10.2. The molecule has 0 amide bonds. The SMILES string of the molecule is O=c1cc(Oc2ccccc2)c2cc(Cl)ccc2[nH]1. The molecule has 0 aliphatic heterocycles. The average Bonchev–Trinajstić information content (AvgIpc) is 2.41. The molecule has 1 N–H and O–H groups in total. The monoisotopic (exact) mass is 271 g/mol. The van der Waals surface area contributed by atoms with Gasteiger partial charge in [0.2, 0.25) is 0 Å². The molecule has 0 radical (unpaired) electrons. The molecular formula is C15H10ClNO2. The second-order valence-electron chi connectivity index (χ2n) is 4.10. The van der Waals surface area contributed by atoms with E-state index in [1.54, 1.807) is 18.2 Å². The van der Waals surface area contributed by atoms with E-state index in [9.17, 15) is 4.79 Å². The van der Waals surface area contributed by atoms with E-state index >= 15 is 0 Å². The van der Waals surface area contributed by atoms with Crippen molar-refractivity contribution in [1.29, 1.82) is 0 Å². The van der Waals surface area contributed by atoms with Crippen molar-refractivity contribution in [3.05, 3.63) is 70.0 Å². The van der Waals surface area contributed by atoms with E-state index in [-0.39, 0.29) is 5.56 Å². The quantitative estimate of drug-likeness (QED) is 0.766. The number of pyridine rings is 1. The molecule has 0 fully saturated rings. The largest absolute Gasteiger partial charge is 0.456 e. The number of H-pyrrole nitrogens is 1. The van der Waals surface area contributed by atoms with Crippen LogP contribution >= 0.6 is 11.6 Å². The lowest BCUT2D eigenvalue weighted by Gasteiger charge is -2.08. The Kier molecular flexibility index (Phi) is 2.97. The average molecular weight is 272 g/mol. The minimum atomic E-state index is -0.208. The Labute approximate surface area is 114 Å². The van der Waals surface area contributed by atoms with Crippen molar-refractivity contribution < 1.29 is 4.74 Å². The summed E-state index contributed by atoms with van der Waals surface area (Å²) in [6.07, 6.45) is 0. The molecule has 1 aromatic heterocycles. The molecule has 0 saturated carbocycles. The van der Waals surface area contributed by atoms with Crippen LogP contribution in [0.3, 0.4) is 0 Å². The first kappa shape index (κ1) is 11.8. The Morgan fingerprint density at radius 1 is 1.00 bits per heavy atom. The van der Waals surface area contributed by atoms with Gasteiger partial charge in [0, 0.05) is 16.5 Å². The summed E-state index contributed by atoms with van der Waals surface area (Å²) in [5.74, 6) is 1.17. The summed E-state index contributed by atoms with van der Waals surface area (Å²) in [5, 5.41) is 1.37. The van der Waals surface area contributed by atoms with Gasteiger partial charge in [0.15, 0.2) is 0 Å². The zero-order chi connectivity index (χ0) is 13.2. The predicted octanol–water partition coefficient (Wildman–Crippen LogP) is 3.97. The highest BCUT2D eigenvalue weighted by atomic mass is 35.5. The van der Waals surface area contributed by atoms with Crippen LogP contribution in [0.4, 0.5) is 0 Å². The molecule has 4 heteroatoms. The van der Waals surface area contributed by atoms with E-state index in [2.05, 4.69) is 4.98 Å². The molecule has 0 bridgehead atoms. The molecule has 0 atom stereocenters. The molecule has 1 heterocycles. The third-order valence-electron chi connectivity index (χ3n) is 2.74. The summed E-state index contributed by atoms with van der Waals surface area (Å²) in [6, 6.07) is 16.0. The van der Waals surface area contributed by atoms with Gasteiger partial charge in [-0.25, -0.2) is 0 Å². The zero-order valence-corrected chi connectivity index (χ0v) is 10.6. The van der Waals surface area contributed by atoms with Gasteiger partial charge in [-0.05, 0) is 30.3 Å². The summed E-state index contributed by atoms with van der Waals surface area (Å²) in [5.41, 5.74) is 0.489. The van der Waals surface area contributed by atoms with Crippen molar-refractivity contribution in [2.75, 3.05) is 0 Å². The van der Waals surface area contributed by atoms with Crippen LogP contribution in [0.5, 0.6) is 11.5 Å². The van der Waals surface area contributed by atoms with E-state index in [4.69, 9.17) is 16.3 Å². The van der Waals surface area contributed by atoms with Crippen molar-refractivity contribution in [1.82, 2.24) is 4.98 Å². The fraction of sp³-hybridized carbons (Fsp3) is 0. The number of hydrogen-bond donors (Lipinski definition) is 1. The third-order valence-corrected chi connectivity index (χ3v) is 2.97. The molecule has 0 aliphatic carbocycles. The number of ether oxygens (including phenoxy) is 1. The van der Waals surface area contributed by atoms with Gasteiger partial charge in [0.25, 0.3) is 5.56 Å². The summed E-state index contributed by atoms with van der Waals surface area (Å²) >= 11 is 5.99. The molecule has 0 unspecified atom stereocenters. The van der Waals surface area contributed by atoms with Crippen LogP contribution in [-0.4, -0.2) is 4.98 Å². The summed E-state index contributed by atoms with van der Waals surface area (Å²) in [7, 11) is 0. The lowest BCUT2D eigenvalue weighted by molar-refractivity contribution is 0.487. The molecule has 19 heavy (non-hydrogen) atoms. The number of fused-ring (bicyclic) bond motifs is 1. The Morgan fingerprint density at radius 2 is 1.79 bits per heavy atom. The van der Waals surface area contributed by atoms with Crippen molar-refractivity contribution >= 4 is 22.5 Å². The Bertz CT molecular complexity index is 781. The molecular weight excluding hydrogens is 262 g/mol. The maximum absolute atomic E-state index is 11.6. The maximum atomic E-state index is 11.6. The Morgan fingerprint density at radius 3 is 2.58 bits per heavy atom. The number of hydrogen-bond acceptors (Lipinski definition) is 2. The molecule has 3 rings (SSSR count). The van der Waals surface area contributed by atoms with Crippen molar-refractivity contribution in [2.45, 2.75) is 0 Å². The van der Waals surface area contributed by atoms with Gasteiger partial charge >= 0.3 is 0 Å². The van der Waals surface area contributed by atoms with Gasteiger partial charge in [-0.2, -0.15) is 0 Å². The molecule has 3 aromatic rings. The summed E-state index contributed by atoms with van der Waals surface area (Å²) in [4.78, 5) is 14.4. The second-order valence-corrected chi connectivity index (χ2v) is 4.54. The van der Waals surface area contributed by atoms with Crippen LogP contribution < -0.4 is 10.3 Å². The molecule has 0 aliphatic rings. The minimum absolute atomic E-state index is 0.208. The van der Waals surface area contributed by atoms with E-state index in [1.807, 2.05) is 30.3 Å². The first-order valence-electron chi connectivity index (χ1n) is 5.78. The molecule has 94 valence electrons. The Hall–Kier alpha value is -2.26. The molecule has 0 saturated heterocycles. The van der Waals surface area contributed by atoms with Gasteiger partial charge in [-0.1, -0.05) is 29.8 Å². The van der Waals surface area contributed by atoms with Crippen molar-refractivity contribution in [2.24, 2.45) is 0 Å². The number of aromatic nitrogens is 1. The first-order valence-corrected chi connectivity index (χ1v) is 6.16. The lowest BCUT2D eigenvalue weighted by Crippen LogP contribution is -2.04. The second kappa shape index (κ2) is 4.78. The van der Waals surface area contributed by atoms with Gasteiger partial charge in [0.05, 0.1) is 5.52 Å². The van der Waals surface area contributed by atoms with Gasteiger partial charge in [-0.3, -0.25) is 4.79 Å². The number of rotatable bonds is 2. The topological polar surface area (TPSA) is 42.1 Å². The van der Waals surface area contributed by atoms with Crippen LogP contribution in [-0.2, 0) is 0 Å². The molecule has 3 nitrogen and oxygen atoms in total. The van der Waals surface area contributed by atoms with Crippen molar-refractivity contribution in [3.8, 4) is 11.5 Å². The number of para-hydroxylation sites is 1. The smallest absolute Gasteiger partial charge is 0.252 e. The number of benzene rings is 2. The molecule has 0 spiro atoms. The summed E-state index contributed by atoms with van der Waals surface area (Å²) < 4.78 is 5.75. The number of aromatic amines is 1. The number of halogens is 1. The zero-order valence-electron chi connectivity index (χ0n) is 9.89. The highest BCUT2D eigenvalue weighted by Gasteiger charge is 2.06. The highest BCUT2D eigenvalue weighted by Crippen LogP contribution is 2.29. The minimum Gasteiger partial charge on any atom is -0.456 e. The van der Waals surface area contributed by atoms with Crippen LogP contribution in [0.1, 0.15) is 0 Å². The first-order chi connectivity index (χ1) is 9.22. The fourth-order valence-electron chi connectivity index (χ4n) is 1.89. The van der Waals surface area contributed by atoms with Gasteiger partial charge in [0.1, 0.15) is 11.5 Å². The van der Waals surface area contributed by atoms with Crippen molar-refractivity contribution in [3.63, 3.8) is 0 Å². The highest BCUT2D eigenvalue weighted by molar-refractivity contribution is 6.31. The molecule has 2 aromatic carbocycles. The maximum Gasteiger partial charge on any atom is 0.252 e. The summed E-state index contributed by atoms with van der Waals surface area (Å²) in [6.45, 7) is 0. The fourth-order valence-corrected chi connectivity index (χ4v) is 2.07. The third kappa shape index (κ3) is 2.46. The van der Waals surface area contributed by atoms with Gasteiger partial charge < -0.3 is 9.72 Å². The Balaban J connectivity index is 2.17. The normalized spacial score (nSPS) is 10.6. The van der Waals surface area contributed by atoms with Crippen LogP contribution in [0.15, 0.2) is 59.4 Å². The van der Waals surface area contributed by atoms with E-state index < -0.39 is 0 Å². The van der Waals surface area contributed by atoms with E-state index in [1.165, 1.54) is 6.07 Å². The van der Waals surface area contributed by atoms with Crippen LogP contribution in [0.2, 0.25) is 5.02 Å². The van der Waals surface area contributed by atoms with E-state index in [0.717, 1.165) is 5.39 Å². The standard InChI is InChI=1S/C15H10ClNO2/c16-10-6-7-13-12(8-10)14(9-15(18)17-13)19-11-4-2-1-3-5-11/h1-9H,(H,17,18). The van der Waals surface area contributed by atoms with E-state index in [0.29, 0.717) is 22.0 Å². The number of nitrogens with one attached hydrogen (secondary N) is 1. The predicted molar refractivity (Wildman–Crippen MR) is 76.1 cm³/mol. The van der Waals surface area contributed by atoms with Crippen LogP contribution in [0, 0.1) is 0 Å².